The molecule has 0 heterocycles. The molecule has 0 spiro atoms. The smallest absolute Gasteiger partial charge is 0.343 e. The number of ether oxygens (including phenoxy) is 2. The molecule has 0 radical (unpaired) electrons. The van der Waals surface area contributed by atoms with E-state index >= 15 is 0 Å². The molecular weight excluding hydrogens is 370 g/mol. The van der Waals surface area contributed by atoms with E-state index in [1.54, 1.807) is 24.3 Å². The van der Waals surface area contributed by atoms with Gasteiger partial charge in [-0.25, -0.2) is 4.79 Å². The molecule has 2 aromatic rings. The summed E-state index contributed by atoms with van der Waals surface area (Å²) >= 11 is 0. The second-order valence-electron chi connectivity index (χ2n) is 6.99. The van der Waals surface area contributed by atoms with E-state index in [1.807, 2.05) is 0 Å². The van der Waals surface area contributed by atoms with Gasteiger partial charge in [0.1, 0.15) is 11.5 Å². The second-order valence-corrected chi connectivity index (χ2v) is 6.99. The van der Waals surface area contributed by atoms with Crippen molar-refractivity contribution in [3.63, 3.8) is 0 Å². The van der Waals surface area contributed by atoms with Gasteiger partial charge < -0.3 is 9.47 Å². The largest absolute Gasteiger partial charge is 0.494 e. The van der Waals surface area contributed by atoms with Crippen LogP contribution in [-0.2, 0) is 0 Å². The van der Waals surface area contributed by atoms with E-state index in [4.69, 9.17) is 9.47 Å². The second kappa shape index (κ2) is 12.5. The summed E-state index contributed by atoms with van der Waals surface area (Å²) in [5.41, 5.74) is 0.338. The van der Waals surface area contributed by atoms with Crippen LogP contribution in [-0.4, -0.2) is 17.5 Å². The Kier molecular flexibility index (Phi) is 9.69. The van der Waals surface area contributed by atoms with Gasteiger partial charge in [0.05, 0.1) is 17.1 Å². The number of unbranched alkanes of at least 4 members (excludes halogenated alkanes) is 7. The highest BCUT2D eigenvalue weighted by Crippen LogP contribution is 2.19. The Hall–Kier alpha value is -2.89. The van der Waals surface area contributed by atoms with Crippen molar-refractivity contribution in [3.8, 4) is 11.5 Å². The van der Waals surface area contributed by atoms with Crippen LogP contribution in [0, 0.1) is 10.1 Å². The number of nitrogens with zero attached hydrogens (tertiary/aromatic N) is 1. The summed E-state index contributed by atoms with van der Waals surface area (Å²) in [6.45, 7) is 2.90. The maximum absolute atomic E-state index is 12.2. The average Bonchev–Trinajstić information content (AvgIpc) is 2.73. The molecule has 0 atom stereocenters. The lowest BCUT2D eigenvalue weighted by Crippen LogP contribution is -2.08. The first-order valence-corrected chi connectivity index (χ1v) is 10.3. The Labute approximate surface area is 172 Å². The summed E-state index contributed by atoms with van der Waals surface area (Å²) < 4.78 is 11.0. The maximum atomic E-state index is 12.2. The van der Waals surface area contributed by atoms with Crippen LogP contribution in [0.3, 0.4) is 0 Å². The fraction of sp³-hybridized carbons (Fsp3) is 0.435. The lowest BCUT2D eigenvalue weighted by molar-refractivity contribution is -0.384. The van der Waals surface area contributed by atoms with E-state index in [2.05, 4.69) is 6.92 Å². The molecular formula is C23H29NO5. The Morgan fingerprint density at radius 3 is 1.97 bits per heavy atom. The third kappa shape index (κ3) is 8.34. The van der Waals surface area contributed by atoms with Crippen molar-refractivity contribution >= 4 is 11.7 Å². The minimum absolute atomic E-state index is 0.0530. The number of nitro groups is 1. The molecule has 0 saturated carbocycles. The fourth-order valence-corrected chi connectivity index (χ4v) is 2.92. The van der Waals surface area contributed by atoms with Gasteiger partial charge in [-0.05, 0) is 42.8 Å². The van der Waals surface area contributed by atoms with E-state index in [0.717, 1.165) is 12.2 Å². The van der Waals surface area contributed by atoms with E-state index in [9.17, 15) is 14.9 Å². The van der Waals surface area contributed by atoms with Crippen LogP contribution in [0.1, 0.15) is 68.6 Å². The Balaban J connectivity index is 1.68. The predicted molar refractivity (Wildman–Crippen MR) is 113 cm³/mol. The van der Waals surface area contributed by atoms with Crippen molar-refractivity contribution in [1.82, 2.24) is 0 Å². The molecule has 0 N–H and O–H groups in total. The highest BCUT2D eigenvalue weighted by molar-refractivity contribution is 5.91. The van der Waals surface area contributed by atoms with Gasteiger partial charge in [-0.2, -0.15) is 0 Å². The van der Waals surface area contributed by atoms with Gasteiger partial charge in [-0.3, -0.25) is 10.1 Å². The third-order valence-electron chi connectivity index (χ3n) is 4.61. The number of carbonyl (C=O) groups is 1. The van der Waals surface area contributed by atoms with Gasteiger partial charge >= 0.3 is 5.97 Å². The van der Waals surface area contributed by atoms with E-state index in [-0.39, 0.29) is 11.4 Å². The van der Waals surface area contributed by atoms with Gasteiger partial charge in [-0.1, -0.05) is 51.9 Å². The molecule has 0 aromatic heterocycles. The summed E-state index contributed by atoms with van der Waals surface area (Å²) in [6, 6.07) is 12.2. The first-order chi connectivity index (χ1) is 14.1. The van der Waals surface area contributed by atoms with Gasteiger partial charge in [0.25, 0.3) is 5.69 Å². The molecule has 6 heteroatoms. The number of nitro benzene ring substituents is 1. The monoisotopic (exact) mass is 399 g/mol. The SMILES string of the molecule is CCCCCCCCCCOc1ccc(C(=O)Oc2ccc([N+](=O)[O-])cc2)cc1. The molecule has 0 unspecified atom stereocenters. The number of esters is 1. The normalized spacial score (nSPS) is 10.5. The Bertz CT molecular complexity index is 756. The molecule has 156 valence electrons. The average molecular weight is 399 g/mol. The first-order valence-electron chi connectivity index (χ1n) is 10.3. The van der Waals surface area contributed by atoms with Crippen molar-refractivity contribution in [2.45, 2.75) is 58.3 Å². The van der Waals surface area contributed by atoms with Gasteiger partial charge in [-0.15, -0.1) is 0 Å². The van der Waals surface area contributed by atoms with E-state index in [0.29, 0.717) is 12.2 Å². The number of benzene rings is 2. The lowest BCUT2D eigenvalue weighted by atomic mass is 10.1. The topological polar surface area (TPSA) is 78.7 Å². The van der Waals surface area contributed by atoms with Crippen LogP contribution in [0.2, 0.25) is 0 Å². The third-order valence-corrected chi connectivity index (χ3v) is 4.61. The summed E-state index contributed by atoms with van der Waals surface area (Å²) in [6.07, 6.45) is 10.0. The fourth-order valence-electron chi connectivity index (χ4n) is 2.92. The van der Waals surface area contributed by atoms with Gasteiger partial charge in [0.15, 0.2) is 0 Å². The van der Waals surface area contributed by atoms with Crippen LogP contribution in [0.15, 0.2) is 48.5 Å². The molecule has 2 aromatic carbocycles. The molecule has 0 saturated heterocycles. The quantitative estimate of drug-likeness (QED) is 0.129. The first kappa shape index (κ1) is 22.4. The van der Waals surface area contributed by atoms with E-state index in [1.165, 1.54) is 69.2 Å². The Morgan fingerprint density at radius 2 is 1.38 bits per heavy atom. The highest BCUT2D eigenvalue weighted by Gasteiger charge is 2.10. The van der Waals surface area contributed by atoms with Crippen molar-refractivity contribution in [2.75, 3.05) is 6.61 Å². The zero-order valence-electron chi connectivity index (χ0n) is 17.0. The molecule has 0 aliphatic heterocycles. The summed E-state index contributed by atoms with van der Waals surface area (Å²) in [5, 5.41) is 10.6. The molecule has 0 aliphatic rings. The standard InChI is InChI=1S/C23H29NO5/c1-2-3-4-5-6-7-8-9-18-28-21-14-10-19(11-15-21)23(25)29-22-16-12-20(13-17-22)24(26)27/h10-17H,2-9,18H2,1H3. The number of hydrogen-bond acceptors (Lipinski definition) is 5. The minimum atomic E-state index is -0.520. The molecule has 6 nitrogen and oxygen atoms in total. The van der Waals surface area contributed by atoms with Crippen LogP contribution >= 0.6 is 0 Å². The zero-order chi connectivity index (χ0) is 20.9. The van der Waals surface area contributed by atoms with Crippen LogP contribution in [0.5, 0.6) is 11.5 Å². The molecule has 0 fully saturated rings. The molecule has 2 rings (SSSR count). The van der Waals surface area contributed by atoms with E-state index < -0.39 is 10.9 Å². The minimum Gasteiger partial charge on any atom is -0.494 e. The zero-order valence-corrected chi connectivity index (χ0v) is 17.0. The number of non-ortho nitro benzene ring substituents is 1. The molecule has 29 heavy (non-hydrogen) atoms. The molecule has 0 amide bonds. The van der Waals surface area contributed by atoms with Crippen molar-refractivity contribution in [1.29, 1.82) is 0 Å². The van der Waals surface area contributed by atoms with Crippen molar-refractivity contribution < 1.29 is 19.2 Å². The predicted octanol–water partition coefficient (Wildman–Crippen LogP) is 6.33. The van der Waals surface area contributed by atoms with Crippen molar-refractivity contribution in [2.24, 2.45) is 0 Å². The number of rotatable bonds is 13. The summed E-state index contributed by atoms with van der Waals surface area (Å²) in [7, 11) is 0. The Morgan fingerprint density at radius 1 is 0.828 bits per heavy atom. The highest BCUT2D eigenvalue weighted by atomic mass is 16.6. The maximum Gasteiger partial charge on any atom is 0.343 e. The van der Waals surface area contributed by atoms with Gasteiger partial charge in [0, 0.05) is 12.1 Å². The van der Waals surface area contributed by atoms with Gasteiger partial charge in [0.2, 0.25) is 0 Å². The van der Waals surface area contributed by atoms with Crippen LogP contribution in [0.25, 0.3) is 0 Å². The molecule has 0 bridgehead atoms. The van der Waals surface area contributed by atoms with Crippen LogP contribution < -0.4 is 9.47 Å². The number of carbonyl (C=O) groups excluding carboxylic acids is 1. The van der Waals surface area contributed by atoms with Crippen molar-refractivity contribution in [3.05, 3.63) is 64.2 Å². The lowest BCUT2D eigenvalue weighted by Gasteiger charge is -2.08. The van der Waals surface area contributed by atoms with Crippen LogP contribution in [0.4, 0.5) is 5.69 Å². The number of hydrogen-bond donors (Lipinski definition) is 0. The summed E-state index contributed by atoms with van der Waals surface area (Å²) in [5.74, 6) is 0.462. The molecule has 0 aliphatic carbocycles. The summed E-state index contributed by atoms with van der Waals surface area (Å²) in [4.78, 5) is 22.3.